The second-order valence-corrected chi connectivity index (χ2v) is 5.73. The van der Waals surface area contributed by atoms with Gasteiger partial charge in [0.25, 0.3) is 5.91 Å². The van der Waals surface area contributed by atoms with Gasteiger partial charge >= 0.3 is 0 Å². The van der Waals surface area contributed by atoms with Crippen molar-refractivity contribution < 1.29 is 4.79 Å². The zero-order valence-corrected chi connectivity index (χ0v) is 12.2. The summed E-state index contributed by atoms with van der Waals surface area (Å²) in [7, 11) is 0. The monoisotopic (exact) mass is 310 g/mol. The van der Waals surface area contributed by atoms with Crippen molar-refractivity contribution in [2.24, 2.45) is 0 Å². The predicted molar refractivity (Wildman–Crippen MR) is 77.5 cm³/mol. The van der Waals surface area contributed by atoms with Crippen LogP contribution in [0.3, 0.4) is 0 Å². The molecule has 0 unspecified atom stereocenters. The summed E-state index contributed by atoms with van der Waals surface area (Å²) >= 11 is 3.36. The first-order valence-electron chi connectivity index (χ1n) is 6.49. The summed E-state index contributed by atoms with van der Waals surface area (Å²) in [5.41, 5.74) is 7.11. The number of amides is 1. The van der Waals surface area contributed by atoms with Crippen LogP contribution in [0.1, 0.15) is 43.0 Å². The Bertz CT molecular complexity index is 443. The van der Waals surface area contributed by atoms with Gasteiger partial charge in [0, 0.05) is 22.7 Å². The number of hydrogen-bond donors (Lipinski definition) is 1. The first kappa shape index (κ1) is 13.4. The van der Waals surface area contributed by atoms with Crippen molar-refractivity contribution in [3.05, 3.63) is 28.2 Å². The Balaban J connectivity index is 2.16. The van der Waals surface area contributed by atoms with Gasteiger partial charge in [-0.05, 0) is 37.5 Å². The Morgan fingerprint density at radius 2 is 2.22 bits per heavy atom. The van der Waals surface area contributed by atoms with E-state index in [1.54, 1.807) is 6.07 Å². The lowest BCUT2D eigenvalue weighted by Crippen LogP contribution is -2.34. The Morgan fingerprint density at radius 3 is 2.78 bits per heavy atom. The largest absolute Gasteiger partial charge is 0.398 e. The molecule has 0 heterocycles. The molecule has 0 radical (unpaired) electrons. The normalized spacial score (nSPS) is 14.6. The molecular weight excluding hydrogens is 292 g/mol. The molecule has 1 fully saturated rings. The van der Waals surface area contributed by atoms with Crippen LogP contribution in [0, 0.1) is 0 Å². The lowest BCUT2D eigenvalue weighted by Gasteiger charge is -2.23. The Morgan fingerprint density at radius 1 is 1.50 bits per heavy atom. The molecule has 1 aromatic carbocycles. The maximum Gasteiger partial charge on any atom is 0.256 e. The molecule has 2 rings (SSSR count). The third-order valence-electron chi connectivity index (χ3n) is 3.25. The average molecular weight is 311 g/mol. The van der Waals surface area contributed by atoms with Crippen molar-refractivity contribution >= 4 is 27.5 Å². The van der Waals surface area contributed by atoms with E-state index in [4.69, 9.17) is 5.73 Å². The van der Waals surface area contributed by atoms with Gasteiger partial charge in [-0.1, -0.05) is 29.3 Å². The fourth-order valence-electron chi connectivity index (χ4n) is 2.05. The molecule has 0 saturated heterocycles. The van der Waals surface area contributed by atoms with E-state index in [1.165, 1.54) is 0 Å². The zero-order valence-electron chi connectivity index (χ0n) is 10.7. The summed E-state index contributed by atoms with van der Waals surface area (Å²) < 4.78 is 0.906. The van der Waals surface area contributed by atoms with Gasteiger partial charge in [-0.15, -0.1) is 0 Å². The van der Waals surface area contributed by atoms with Crippen molar-refractivity contribution in [1.82, 2.24) is 4.90 Å². The molecule has 0 bridgehead atoms. The van der Waals surface area contributed by atoms with Crippen LogP contribution in [0.25, 0.3) is 0 Å². The van der Waals surface area contributed by atoms with E-state index in [0.717, 1.165) is 36.7 Å². The maximum atomic E-state index is 12.5. The van der Waals surface area contributed by atoms with Crippen LogP contribution in [0.15, 0.2) is 22.7 Å². The lowest BCUT2D eigenvalue weighted by atomic mass is 10.1. The summed E-state index contributed by atoms with van der Waals surface area (Å²) in [6.07, 6.45) is 4.42. The van der Waals surface area contributed by atoms with E-state index in [1.807, 2.05) is 17.0 Å². The number of benzene rings is 1. The SMILES string of the molecule is CCCCN(C(=O)c1ccc(Br)cc1N)C1CC1. The molecule has 1 saturated carbocycles. The third kappa shape index (κ3) is 3.05. The molecule has 1 aliphatic carbocycles. The first-order chi connectivity index (χ1) is 8.63. The molecule has 0 aliphatic heterocycles. The summed E-state index contributed by atoms with van der Waals surface area (Å²) in [6, 6.07) is 5.91. The summed E-state index contributed by atoms with van der Waals surface area (Å²) in [6.45, 7) is 2.99. The molecule has 18 heavy (non-hydrogen) atoms. The number of hydrogen-bond acceptors (Lipinski definition) is 2. The minimum Gasteiger partial charge on any atom is -0.398 e. The number of nitrogen functional groups attached to an aromatic ring is 1. The molecular formula is C14H19BrN2O. The molecule has 2 N–H and O–H groups in total. The smallest absolute Gasteiger partial charge is 0.256 e. The number of unbranched alkanes of at least 4 members (excludes halogenated alkanes) is 1. The quantitative estimate of drug-likeness (QED) is 0.847. The molecule has 0 spiro atoms. The minimum atomic E-state index is 0.0796. The highest BCUT2D eigenvalue weighted by molar-refractivity contribution is 9.10. The minimum absolute atomic E-state index is 0.0796. The second kappa shape index (κ2) is 5.74. The van der Waals surface area contributed by atoms with Crippen molar-refractivity contribution in [1.29, 1.82) is 0 Å². The van der Waals surface area contributed by atoms with Gasteiger partial charge in [0.1, 0.15) is 0 Å². The van der Waals surface area contributed by atoms with E-state index < -0.39 is 0 Å². The highest BCUT2D eigenvalue weighted by atomic mass is 79.9. The van der Waals surface area contributed by atoms with Gasteiger partial charge in [0.05, 0.1) is 5.56 Å². The van der Waals surface area contributed by atoms with Crippen molar-refractivity contribution in [2.45, 2.75) is 38.6 Å². The predicted octanol–water partition coefficient (Wildman–Crippen LogP) is 3.44. The number of carbonyl (C=O) groups is 1. The number of rotatable bonds is 5. The molecule has 0 atom stereocenters. The molecule has 1 aliphatic rings. The summed E-state index contributed by atoms with van der Waals surface area (Å²) in [5.74, 6) is 0.0796. The fourth-order valence-corrected chi connectivity index (χ4v) is 2.43. The number of halogens is 1. The average Bonchev–Trinajstić information content (AvgIpc) is 3.13. The van der Waals surface area contributed by atoms with Crippen LogP contribution in [-0.4, -0.2) is 23.4 Å². The molecule has 3 nitrogen and oxygen atoms in total. The number of nitrogens with two attached hydrogens (primary N) is 1. The van der Waals surface area contributed by atoms with Crippen LogP contribution in [0.5, 0.6) is 0 Å². The highest BCUT2D eigenvalue weighted by Gasteiger charge is 2.33. The number of anilines is 1. The summed E-state index contributed by atoms with van der Waals surface area (Å²) in [4.78, 5) is 14.5. The van der Waals surface area contributed by atoms with Crippen LogP contribution in [0.2, 0.25) is 0 Å². The Labute approximate surface area is 116 Å². The summed E-state index contributed by atoms with van der Waals surface area (Å²) in [5, 5.41) is 0. The van der Waals surface area contributed by atoms with E-state index in [-0.39, 0.29) is 5.91 Å². The van der Waals surface area contributed by atoms with E-state index in [2.05, 4.69) is 22.9 Å². The van der Waals surface area contributed by atoms with Crippen molar-refractivity contribution in [2.75, 3.05) is 12.3 Å². The van der Waals surface area contributed by atoms with Crippen LogP contribution in [0.4, 0.5) is 5.69 Å². The maximum absolute atomic E-state index is 12.5. The van der Waals surface area contributed by atoms with Gasteiger partial charge in [-0.25, -0.2) is 0 Å². The Hall–Kier alpha value is -1.03. The van der Waals surface area contributed by atoms with E-state index in [9.17, 15) is 4.79 Å². The van der Waals surface area contributed by atoms with Gasteiger partial charge in [-0.3, -0.25) is 4.79 Å². The first-order valence-corrected chi connectivity index (χ1v) is 7.28. The van der Waals surface area contributed by atoms with Gasteiger partial charge in [0.2, 0.25) is 0 Å². The second-order valence-electron chi connectivity index (χ2n) is 4.81. The molecule has 1 amide bonds. The lowest BCUT2D eigenvalue weighted by molar-refractivity contribution is 0.0742. The zero-order chi connectivity index (χ0) is 13.1. The van der Waals surface area contributed by atoms with E-state index in [0.29, 0.717) is 17.3 Å². The standard InChI is InChI=1S/C14H19BrN2O/c1-2-3-8-17(11-5-6-11)14(18)12-7-4-10(15)9-13(12)16/h4,7,9,11H,2-3,5-6,8,16H2,1H3. The molecule has 1 aromatic rings. The third-order valence-corrected chi connectivity index (χ3v) is 3.74. The Kier molecular flexibility index (Phi) is 4.27. The van der Waals surface area contributed by atoms with Crippen LogP contribution < -0.4 is 5.73 Å². The molecule has 4 heteroatoms. The topological polar surface area (TPSA) is 46.3 Å². The van der Waals surface area contributed by atoms with Crippen molar-refractivity contribution in [3.8, 4) is 0 Å². The van der Waals surface area contributed by atoms with E-state index >= 15 is 0 Å². The van der Waals surface area contributed by atoms with Crippen molar-refractivity contribution in [3.63, 3.8) is 0 Å². The van der Waals surface area contributed by atoms with Gasteiger partial charge < -0.3 is 10.6 Å². The van der Waals surface area contributed by atoms with Gasteiger partial charge in [-0.2, -0.15) is 0 Å². The number of nitrogens with zero attached hydrogens (tertiary/aromatic N) is 1. The van der Waals surface area contributed by atoms with Crippen LogP contribution >= 0.6 is 15.9 Å². The highest BCUT2D eigenvalue weighted by Crippen LogP contribution is 2.30. The number of carbonyl (C=O) groups excluding carboxylic acids is 1. The van der Waals surface area contributed by atoms with Crippen LogP contribution in [-0.2, 0) is 0 Å². The fraction of sp³-hybridized carbons (Fsp3) is 0.500. The van der Waals surface area contributed by atoms with Gasteiger partial charge in [0.15, 0.2) is 0 Å². The molecule has 98 valence electrons. The molecule has 0 aromatic heterocycles.